The average Bonchev–Trinajstić information content (AvgIpc) is 3.82. The van der Waals surface area contributed by atoms with Gasteiger partial charge in [-0.15, -0.1) is 0 Å². The zero-order chi connectivity index (χ0) is 38.3. The third kappa shape index (κ3) is 6.89. The maximum absolute atomic E-state index is 4.11. The van der Waals surface area contributed by atoms with E-state index in [-0.39, 0.29) is 10.8 Å². The van der Waals surface area contributed by atoms with Crippen LogP contribution in [0.1, 0.15) is 123 Å². The third-order valence-electron chi connectivity index (χ3n) is 13.5. The highest BCUT2D eigenvalue weighted by atomic mass is 28.3. The first-order chi connectivity index (χ1) is 25.2. The van der Waals surface area contributed by atoms with Crippen molar-refractivity contribution in [2.75, 3.05) is 0 Å². The minimum atomic E-state index is -1.53. The van der Waals surface area contributed by atoms with Crippen molar-refractivity contribution in [2.24, 2.45) is 0 Å². The molecule has 0 nitrogen and oxygen atoms in total. The van der Waals surface area contributed by atoms with E-state index in [0.717, 1.165) is 6.42 Å². The highest BCUT2D eigenvalue weighted by molar-refractivity contribution is 6.92. The van der Waals surface area contributed by atoms with Crippen molar-refractivity contribution in [3.63, 3.8) is 0 Å². The Bertz CT molecular complexity index is 2180. The zero-order valence-electron chi connectivity index (χ0n) is 35.1. The molecule has 0 saturated carbocycles. The van der Waals surface area contributed by atoms with Gasteiger partial charge in [0.2, 0.25) is 0 Å². The maximum atomic E-state index is 4.11. The Kier molecular flexibility index (Phi) is 11.1. The Labute approximate surface area is 324 Å². The van der Waals surface area contributed by atoms with E-state index < -0.39 is 16.1 Å². The smallest absolute Gasteiger partial charge is 0.0801 e. The van der Waals surface area contributed by atoms with Gasteiger partial charge in [-0.05, 0) is 94.8 Å². The number of fused-ring (bicyclic) bond motifs is 2. The second-order valence-electron chi connectivity index (χ2n) is 18.0. The van der Waals surface area contributed by atoms with Crippen molar-refractivity contribution >= 4 is 43.7 Å². The molecule has 0 saturated heterocycles. The first-order valence-corrected chi connectivity index (χ1v) is 26.0. The molecule has 53 heavy (non-hydrogen) atoms. The lowest BCUT2D eigenvalue weighted by atomic mass is 9.78. The summed E-state index contributed by atoms with van der Waals surface area (Å²) in [6.07, 6.45) is 12.0. The van der Waals surface area contributed by atoms with Crippen LogP contribution in [0.25, 0.3) is 17.2 Å². The SMILES string of the molecule is CC[Si](CC)(CC)c1ccc(C(c2ccc([Si](CC)(CC)CC)cc2)=c2c(C(C)(C)C)cc3c(c2C2=CC=CC2)[C]=c2c(C(C)(C)C)cccc2=3)cc1. The number of rotatable bonds is 11. The van der Waals surface area contributed by atoms with Crippen LogP contribution in [0.4, 0.5) is 0 Å². The molecule has 0 N–H and O–H groups in total. The quantitative estimate of drug-likeness (QED) is 0.119. The maximum Gasteiger partial charge on any atom is 0.0859 e. The lowest BCUT2D eigenvalue weighted by Crippen LogP contribution is -2.45. The predicted molar refractivity (Wildman–Crippen MR) is 240 cm³/mol. The minimum absolute atomic E-state index is 0.0210. The third-order valence-corrected chi connectivity index (χ3v) is 24.8. The van der Waals surface area contributed by atoms with Gasteiger partial charge in [0, 0.05) is 0 Å². The molecular weight excluding hydrogens is 669 g/mol. The molecule has 277 valence electrons. The summed E-state index contributed by atoms with van der Waals surface area (Å²) in [5.41, 5.74) is 10.8. The fourth-order valence-electron chi connectivity index (χ4n) is 9.65. The molecule has 4 aromatic carbocycles. The molecule has 2 heteroatoms. The van der Waals surface area contributed by atoms with E-state index in [1.165, 1.54) is 102 Å². The zero-order valence-corrected chi connectivity index (χ0v) is 37.1. The van der Waals surface area contributed by atoms with Crippen molar-refractivity contribution in [3.05, 3.63) is 145 Å². The summed E-state index contributed by atoms with van der Waals surface area (Å²) >= 11 is 0. The molecule has 0 unspecified atom stereocenters. The number of allylic oxidation sites excluding steroid dienone is 4. The van der Waals surface area contributed by atoms with Gasteiger partial charge in [-0.25, -0.2) is 0 Å². The number of hydrogen-bond acceptors (Lipinski definition) is 0. The Balaban J connectivity index is 1.82. The summed E-state index contributed by atoms with van der Waals surface area (Å²) in [7, 11) is -3.05. The van der Waals surface area contributed by atoms with Gasteiger partial charge >= 0.3 is 0 Å². The summed E-state index contributed by atoms with van der Waals surface area (Å²) < 4.78 is 0. The summed E-state index contributed by atoms with van der Waals surface area (Å²) in [6, 6.07) is 37.2. The summed E-state index contributed by atoms with van der Waals surface area (Å²) in [5.74, 6) is 0. The Morgan fingerprint density at radius 3 is 1.51 bits per heavy atom. The van der Waals surface area contributed by atoms with Gasteiger partial charge in [-0.3, -0.25) is 0 Å². The van der Waals surface area contributed by atoms with E-state index in [2.05, 4.69) is 180 Å². The normalized spacial score (nSPS) is 14.2. The highest BCUT2D eigenvalue weighted by Gasteiger charge is 2.32. The van der Waals surface area contributed by atoms with Crippen molar-refractivity contribution in [3.8, 4) is 0 Å². The van der Waals surface area contributed by atoms with E-state index >= 15 is 0 Å². The second kappa shape index (κ2) is 15.0. The van der Waals surface area contributed by atoms with E-state index in [0.29, 0.717) is 0 Å². The van der Waals surface area contributed by atoms with Gasteiger partial charge in [0.15, 0.2) is 0 Å². The van der Waals surface area contributed by atoms with Crippen molar-refractivity contribution in [1.82, 2.24) is 0 Å². The molecule has 0 heterocycles. The van der Waals surface area contributed by atoms with E-state index in [9.17, 15) is 0 Å². The minimum Gasteiger partial charge on any atom is -0.0801 e. The summed E-state index contributed by atoms with van der Waals surface area (Å²) in [4.78, 5) is 0. The van der Waals surface area contributed by atoms with Crippen molar-refractivity contribution in [2.45, 2.75) is 137 Å². The molecule has 6 rings (SSSR count). The van der Waals surface area contributed by atoms with Gasteiger partial charge in [0.05, 0.1) is 16.1 Å². The molecular formula is C51H65Si2. The van der Waals surface area contributed by atoms with Crippen LogP contribution in [0.15, 0.2) is 91.0 Å². The van der Waals surface area contributed by atoms with Gasteiger partial charge in [0.25, 0.3) is 0 Å². The largest absolute Gasteiger partial charge is 0.0859 e. The van der Waals surface area contributed by atoms with Gasteiger partial charge in [-0.2, -0.15) is 0 Å². The van der Waals surface area contributed by atoms with Crippen LogP contribution in [0.3, 0.4) is 0 Å². The Morgan fingerprint density at radius 1 is 0.604 bits per heavy atom. The van der Waals surface area contributed by atoms with E-state index in [1.54, 1.807) is 10.4 Å². The second-order valence-corrected chi connectivity index (χ2v) is 28.5. The van der Waals surface area contributed by atoms with Gasteiger partial charge < -0.3 is 0 Å². The average molecular weight is 734 g/mol. The first kappa shape index (κ1) is 39.2. The molecule has 1 radical (unpaired) electrons. The lowest BCUT2D eigenvalue weighted by Gasteiger charge is -2.30. The Morgan fingerprint density at radius 2 is 1.09 bits per heavy atom. The summed E-state index contributed by atoms with van der Waals surface area (Å²) in [5, 5.41) is 8.53. The van der Waals surface area contributed by atoms with Gasteiger partial charge in [0.1, 0.15) is 0 Å². The van der Waals surface area contributed by atoms with Crippen LogP contribution in [0, 0.1) is 10.4 Å². The molecule has 4 aromatic rings. The van der Waals surface area contributed by atoms with Crippen molar-refractivity contribution < 1.29 is 0 Å². The lowest BCUT2D eigenvalue weighted by molar-refractivity contribution is 0.584. The molecule has 0 amide bonds. The molecule has 0 fully saturated rings. The van der Waals surface area contributed by atoms with Crippen LogP contribution in [-0.4, -0.2) is 16.1 Å². The van der Waals surface area contributed by atoms with Crippen molar-refractivity contribution in [1.29, 1.82) is 0 Å². The van der Waals surface area contributed by atoms with E-state index in [4.69, 9.17) is 0 Å². The number of benzene rings is 4. The molecule has 0 spiro atoms. The highest BCUT2D eigenvalue weighted by Crippen LogP contribution is 2.35. The van der Waals surface area contributed by atoms with Crippen LogP contribution >= 0.6 is 0 Å². The molecule has 0 atom stereocenters. The number of hydrogen-bond donors (Lipinski definition) is 0. The van der Waals surface area contributed by atoms with Crippen LogP contribution < -0.4 is 20.8 Å². The summed E-state index contributed by atoms with van der Waals surface area (Å²) in [6.45, 7) is 28.8. The fraction of sp³-hybridized carbons (Fsp3) is 0.412. The molecule has 2 aliphatic carbocycles. The van der Waals surface area contributed by atoms with Gasteiger partial charge in [-0.1, -0.05) is 215 Å². The first-order valence-electron chi connectivity index (χ1n) is 20.8. The topological polar surface area (TPSA) is 0 Å². The molecule has 0 aliphatic heterocycles. The molecule has 0 bridgehead atoms. The van der Waals surface area contributed by atoms with Crippen LogP contribution in [0.2, 0.25) is 36.3 Å². The fourth-order valence-corrected chi connectivity index (χ4v) is 16.8. The standard InChI is InChI=1S/C51H65Si2/c1-13-52(14-2,15-3)39-30-26-37(27-31-39)47(38-28-32-40(33-29-38)53(16-4,17-5)18-6)49-46(51(10,11)12)35-42-41-24-21-25-45(50(7,8)9)43(41)34-44(42)48(49)36-22-19-20-23-36/h19-22,24-33,35H,13-18,23H2,1-12H3. The molecule has 2 aliphatic rings. The van der Waals surface area contributed by atoms with Crippen LogP contribution in [0.5, 0.6) is 0 Å². The molecule has 0 aromatic heterocycles. The van der Waals surface area contributed by atoms with Crippen LogP contribution in [-0.2, 0) is 10.8 Å². The van der Waals surface area contributed by atoms with E-state index in [1.807, 2.05) is 0 Å². The monoisotopic (exact) mass is 733 g/mol. The Hall–Kier alpha value is -3.47. The predicted octanol–water partition coefficient (Wildman–Crippen LogP) is 11.6.